The van der Waals surface area contributed by atoms with Crippen molar-refractivity contribution in [3.8, 4) is 0 Å². The summed E-state index contributed by atoms with van der Waals surface area (Å²) in [7, 11) is 2.77. The predicted octanol–water partition coefficient (Wildman–Crippen LogP) is 8.27. The van der Waals surface area contributed by atoms with E-state index in [-0.39, 0.29) is 40.0 Å². The van der Waals surface area contributed by atoms with E-state index in [0.717, 1.165) is 42.7 Å². The smallest absolute Gasteiger partial charge is 0.423 e. The number of nitrogens with zero attached hydrogens (tertiary/aromatic N) is 4. The molecule has 4 atom stereocenters. The number of benzene rings is 2. The van der Waals surface area contributed by atoms with Crippen LogP contribution in [0.3, 0.4) is 0 Å². The van der Waals surface area contributed by atoms with Crippen LogP contribution in [0.1, 0.15) is 97.2 Å². The number of amides is 2. The lowest BCUT2D eigenvalue weighted by Gasteiger charge is -2.44. The molecular formula is C51H61BBrF8N9O6. The maximum absolute atomic E-state index is 15.4. The van der Waals surface area contributed by atoms with Crippen LogP contribution >= 0.6 is 15.9 Å². The molecule has 25 heteroatoms. The zero-order chi connectivity index (χ0) is 56.0. The van der Waals surface area contributed by atoms with Crippen molar-refractivity contribution in [3.05, 3.63) is 131 Å². The van der Waals surface area contributed by atoms with Gasteiger partial charge in [0.05, 0.1) is 49.5 Å². The first-order valence-electron chi connectivity index (χ1n) is 24.6. The van der Waals surface area contributed by atoms with Gasteiger partial charge in [0.25, 0.3) is 11.8 Å². The molecular weight excluding hydrogens is 1080 g/mol. The fraction of sp³-hybridized carbons (Fsp3) is 0.451. The molecule has 76 heavy (non-hydrogen) atoms. The summed E-state index contributed by atoms with van der Waals surface area (Å²) < 4.78 is 110. The van der Waals surface area contributed by atoms with Gasteiger partial charge in [-0.1, -0.05) is 12.2 Å². The highest BCUT2D eigenvalue weighted by molar-refractivity contribution is 9.10. The van der Waals surface area contributed by atoms with Gasteiger partial charge in [-0.05, 0) is 126 Å². The first-order chi connectivity index (χ1) is 35.6. The van der Waals surface area contributed by atoms with Crippen molar-refractivity contribution in [3.63, 3.8) is 0 Å². The van der Waals surface area contributed by atoms with Crippen LogP contribution in [0.4, 0.5) is 57.9 Å². The number of allylic oxidation sites excluding steroid dienone is 2. The number of aromatic nitrogens is 2. The van der Waals surface area contributed by atoms with Crippen molar-refractivity contribution in [1.29, 1.82) is 0 Å². The Labute approximate surface area is 442 Å². The third kappa shape index (κ3) is 14.8. The van der Waals surface area contributed by atoms with E-state index in [1.807, 2.05) is 63.7 Å². The zero-order valence-corrected chi connectivity index (χ0v) is 44.2. The molecule has 2 amide bonds. The molecule has 3 aliphatic heterocycles. The molecule has 15 nitrogen and oxygen atoms in total. The average Bonchev–Trinajstić information content (AvgIpc) is 3.36. The number of nitrogens with one attached hydrogen (secondary N) is 5. The van der Waals surface area contributed by atoms with E-state index in [1.165, 1.54) is 30.7 Å². The normalized spacial score (nSPS) is 20.5. The minimum absolute atomic E-state index is 0.0549. The Kier molecular flexibility index (Phi) is 19.6. The van der Waals surface area contributed by atoms with Crippen molar-refractivity contribution in [2.75, 3.05) is 73.8 Å². The highest BCUT2D eigenvalue weighted by atomic mass is 79.9. The quantitative estimate of drug-likeness (QED) is 0.0665. The average molecular weight is 1140 g/mol. The first-order valence-corrected chi connectivity index (χ1v) is 25.4. The molecule has 1 aliphatic carbocycles. The Bertz CT molecular complexity index is 2910. The van der Waals surface area contributed by atoms with Crippen molar-refractivity contribution < 1.29 is 54.8 Å². The fourth-order valence-electron chi connectivity index (χ4n) is 9.40. The summed E-state index contributed by atoms with van der Waals surface area (Å²) in [5, 5.41) is 25.5. The summed E-state index contributed by atoms with van der Waals surface area (Å²) in [5.74, 6) is -3.15. The van der Waals surface area contributed by atoms with Gasteiger partial charge in [0.1, 0.15) is 11.6 Å². The van der Waals surface area contributed by atoms with E-state index < -0.39 is 76.3 Å². The summed E-state index contributed by atoms with van der Waals surface area (Å²) in [4.78, 5) is 61.1. The lowest BCUT2D eigenvalue weighted by molar-refractivity contribution is -0.138. The van der Waals surface area contributed by atoms with Gasteiger partial charge >= 0.3 is 19.5 Å². The highest BCUT2D eigenvalue weighted by Gasteiger charge is 2.38. The van der Waals surface area contributed by atoms with Crippen LogP contribution in [-0.2, 0) is 12.4 Å². The largest absolute Gasteiger partial charge is 0.483 e. The van der Waals surface area contributed by atoms with Gasteiger partial charge in [-0.15, -0.1) is 0 Å². The van der Waals surface area contributed by atoms with Crippen molar-refractivity contribution in [1.82, 2.24) is 25.1 Å². The van der Waals surface area contributed by atoms with Crippen molar-refractivity contribution in [2.24, 2.45) is 0 Å². The van der Waals surface area contributed by atoms with E-state index in [1.54, 1.807) is 0 Å². The van der Waals surface area contributed by atoms with Gasteiger partial charge in [-0.2, -0.15) is 26.3 Å². The lowest BCUT2D eigenvalue weighted by Crippen LogP contribution is -2.55. The number of H-pyrrole nitrogens is 2. The van der Waals surface area contributed by atoms with Gasteiger partial charge in [0.2, 0.25) is 11.1 Å². The molecule has 4 aliphatic rings. The lowest BCUT2D eigenvalue weighted by atomic mass is 9.74. The number of alkyl halides is 6. The predicted molar refractivity (Wildman–Crippen MR) is 281 cm³/mol. The third-order valence-corrected chi connectivity index (χ3v) is 14.6. The molecule has 2 fully saturated rings. The number of rotatable bonds is 8. The van der Waals surface area contributed by atoms with Crippen LogP contribution in [-0.4, -0.2) is 126 Å². The van der Waals surface area contributed by atoms with E-state index in [0.29, 0.717) is 74.8 Å². The summed E-state index contributed by atoms with van der Waals surface area (Å²) in [6, 6.07) is 6.60. The molecule has 412 valence electrons. The Balaban J connectivity index is 0.000000213. The maximum Gasteiger partial charge on any atom is 0.483 e. The molecule has 0 radical (unpaired) electrons. The monoisotopic (exact) mass is 1140 g/mol. The number of aromatic amines is 2. The Hall–Kier alpha value is -5.86. The Morgan fingerprint density at radius 3 is 1.53 bits per heavy atom. The SMILES string of the molecule is C[C@@H]1CN(c2cc(F)c(Br)cc2NC(=O)c2c[nH]c(=O)cc2C(F)(F)F)C[C@H](C)N1C.C[C@@H]1CN(c2cc(F)c(C3=CCNCC3)cc2NC(=O)c2c[nH]c(=O)cc2C(F)(F)F)C[C@H](C)N1C.OB(O)C1=CCCCC1. The van der Waals surface area contributed by atoms with Gasteiger partial charge in [-0.3, -0.25) is 29.0 Å². The van der Waals surface area contributed by atoms with Gasteiger partial charge in [0, 0.05) is 93.0 Å². The van der Waals surface area contributed by atoms with Gasteiger partial charge < -0.3 is 45.8 Å². The molecule has 0 bridgehead atoms. The number of hydrogen-bond donors (Lipinski definition) is 7. The second-order valence-electron chi connectivity index (χ2n) is 19.4. The number of carbonyl (C=O) groups excluding carboxylic acids is 2. The second-order valence-corrected chi connectivity index (χ2v) is 20.3. The van der Waals surface area contributed by atoms with E-state index >= 15 is 4.39 Å². The molecule has 5 heterocycles. The number of hydrogen-bond acceptors (Lipinski definition) is 11. The Morgan fingerprint density at radius 2 is 1.13 bits per heavy atom. The number of halogens is 9. The number of anilines is 4. The molecule has 2 aromatic heterocycles. The minimum Gasteiger partial charge on any atom is -0.423 e. The van der Waals surface area contributed by atoms with E-state index in [4.69, 9.17) is 10.0 Å². The fourth-order valence-corrected chi connectivity index (χ4v) is 9.75. The summed E-state index contributed by atoms with van der Waals surface area (Å²) in [5.41, 5.74) is -3.13. The topological polar surface area (TPSA) is 189 Å². The number of piperazine rings is 2. The maximum atomic E-state index is 15.4. The standard InChI is InChI=1S/C25H29F4N5O2.C20H21BrF4N4O2.C6H11BO2/c1-14-12-34(13-15(2)33(14)3)22-10-20(26)17(16-4-6-30-7-5-16)8-21(22)32-24(36)18-11-31-23(35)9-19(18)25(27,28)29;1-10-8-29(9-11(2)28(10)3)17-6-15(22)14(21)5-16(17)27-19(31)12-7-26-18(30)4-13(12)20(23,24)25;8-7(9)6-4-2-1-3-5-6/h4,8-11,14-15,30H,5-7,12-13H2,1-3H3,(H,31,35)(H,32,36);4-7,10-11H,8-9H2,1-3H3,(H,26,30)(H,27,31);4,8-9H,1-3,5H2/t14-,15+;10-,11+;. The van der Waals surface area contributed by atoms with Crippen LogP contribution < -0.4 is 36.9 Å². The van der Waals surface area contributed by atoms with Gasteiger partial charge in [-0.25, -0.2) is 8.78 Å². The van der Waals surface area contributed by atoms with E-state index in [9.17, 15) is 49.9 Å². The van der Waals surface area contributed by atoms with Crippen LogP contribution in [0.25, 0.3) is 5.57 Å². The molecule has 4 aromatic rings. The highest BCUT2D eigenvalue weighted by Crippen LogP contribution is 2.39. The van der Waals surface area contributed by atoms with Crippen molar-refractivity contribution in [2.45, 2.75) is 96.3 Å². The zero-order valence-electron chi connectivity index (χ0n) is 42.7. The Morgan fingerprint density at radius 1 is 0.671 bits per heavy atom. The first kappa shape index (κ1) is 59.4. The summed E-state index contributed by atoms with van der Waals surface area (Å²) in [6.45, 7) is 11.5. The molecule has 0 unspecified atom stereocenters. The number of likely N-dealkylation sites (N-methyl/N-ethyl adjacent to an activating group) is 2. The van der Waals surface area contributed by atoms with Crippen LogP contribution in [0.2, 0.25) is 0 Å². The van der Waals surface area contributed by atoms with Gasteiger partial charge in [0.15, 0.2) is 0 Å². The van der Waals surface area contributed by atoms with Crippen LogP contribution in [0, 0.1) is 11.6 Å². The van der Waals surface area contributed by atoms with Crippen LogP contribution in [0.15, 0.2) is 80.5 Å². The molecule has 8 rings (SSSR count). The van der Waals surface area contributed by atoms with Crippen LogP contribution in [0.5, 0.6) is 0 Å². The molecule has 0 saturated carbocycles. The molecule has 2 saturated heterocycles. The summed E-state index contributed by atoms with van der Waals surface area (Å²) >= 11 is 3.06. The number of carbonyl (C=O) groups is 2. The molecule has 7 N–H and O–H groups in total. The van der Waals surface area contributed by atoms with E-state index in [2.05, 4.69) is 51.6 Å². The molecule has 2 aromatic carbocycles. The minimum atomic E-state index is -4.90. The number of pyridine rings is 2. The van der Waals surface area contributed by atoms with Crippen molar-refractivity contribution >= 4 is 63.2 Å². The summed E-state index contributed by atoms with van der Waals surface area (Å²) in [6.07, 6.45) is 0.188. The third-order valence-electron chi connectivity index (χ3n) is 14.0. The second kappa shape index (κ2) is 25.1. The molecule has 0 spiro atoms.